The maximum absolute atomic E-state index is 10.5. The SMILES string of the molecule is CC(C)(C)C(N[C-]=O)C(=O)O.[Fm]. The molecule has 0 saturated carbocycles. The van der Waals surface area contributed by atoms with E-state index in [9.17, 15) is 9.59 Å². The van der Waals surface area contributed by atoms with Gasteiger partial charge in [0, 0.05) is 0 Å². The second-order valence-corrected chi connectivity index (χ2v) is 3.38. The van der Waals surface area contributed by atoms with Crippen molar-refractivity contribution < 1.29 is 14.7 Å². The van der Waals surface area contributed by atoms with Crippen molar-refractivity contribution in [2.45, 2.75) is 26.8 Å². The number of aliphatic carboxylic acids is 1. The van der Waals surface area contributed by atoms with Gasteiger partial charge in [-0.25, -0.2) is 0 Å². The van der Waals surface area contributed by atoms with Crippen LogP contribution in [0.5, 0.6) is 0 Å². The summed E-state index contributed by atoms with van der Waals surface area (Å²) in [5, 5.41) is 10.7. The molecule has 1 amide bonds. The van der Waals surface area contributed by atoms with Crippen LogP contribution < -0.4 is 5.32 Å². The van der Waals surface area contributed by atoms with Gasteiger partial charge in [-0.3, -0.25) is 4.79 Å². The summed E-state index contributed by atoms with van der Waals surface area (Å²) < 4.78 is 0. The van der Waals surface area contributed by atoms with Crippen molar-refractivity contribution in [3.8, 4) is 0 Å². The molecule has 0 aromatic rings. The molecule has 1 unspecified atom stereocenters. The number of carbonyl (C=O) groups excluding carboxylic acids is 1. The first-order chi connectivity index (χ1) is 4.89. The molecule has 0 heterocycles. The zero-order chi connectivity index (χ0) is 9.07. The number of amides is 1. The van der Waals surface area contributed by atoms with Crippen molar-refractivity contribution in [3.05, 3.63) is 0 Å². The average molecular weight is 415 g/mol. The third-order valence-electron chi connectivity index (χ3n) is 1.32. The van der Waals surface area contributed by atoms with Crippen LogP contribution in [-0.4, -0.2) is 23.5 Å². The van der Waals surface area contributed by atoms with E-state index in [1.165, 1.54) is 6.41 Å². The molecule has 1 atom stereocenters. The maximum atomic E-state index is 10.5. The summed E-state index contributed by atoms with van der Waals surface area (Å²) in [7, 11) is 0. The van der Waals surface area contributed by atoms with Crippen molar-refractivity contribution in [3.63, 3.8) is 0 Å². The van der Waals surface area contributed by atoms with Gasteiger partial charge in [0.2, 0.25) is 0 Å². The molecule has 0 aliphatic rings. The van der Waals surface area contributed by atoms with E-state index in [1.807, 2.05) is 0 Å². The number of carbonyl (C=O) groups is 1. The summed E-state index contributed by atoms with van der Waals surface area (Å²) >= 11 is 0. The van der Waals surface area contributed by atoms with Crippen molar-refractivity contribution in [2.24, 2.45) is 5.41 Å². The first-order valence-electron chi connectivity index (χ1n) is 3.25. The standard InChI is InChI=1S/C7H12NO3.Fm/c1-7(2,3)5(6(10)11)8-4-9;/h5H,1-3H3,(H,8,9)(H,10,11);/q-1;. The monoisotopic (exact) mass is 415 g/mol. The number of nitrogens with one attached hydrogen (secondary N) is 1. The Kier molecular flexibility index (Phi) is 4.15. The predicted molar refractivity (Wildman–Crippen MR) is 39.7 cm³/mol. The van der Waals surface area contributed by atoms with Gasteiger partial charge in [0.15, 0.2) is 0 Å². The van der Waals surface area contributed by atoms with E-state index in [0.29, 0.717) is 0 Å². The number of carboxylic acid groups (broad SMARTS) is 1. The second-order valence-electron chi connectivity index (χ2n) is 3.38. The van der Waals surface area contributed by atoms with Gasteiger partial charge >= 0.3 is 5.97 Å². The van der Waals surface area contributed by atoms with Crippen molar-refractivity contribution in [2.75, 3.05) is 0 Å². The van der Waals surface area contributed by atoms with Crippen LogP contribution >= 0.6 is 0 Å². The van der Waals surface area contributed by atoms with Gasteiger partial charge in [0.1, 0.15) is 6.04 Å². The molecular formula is C7H12FmNO3-. The molecule has 0 fully saturated rings. The molecular weight excluding hydrogens is 403 g/mol. The third kappa shape index (κ3) is 3.20. The molecule has 2 N–H and O–H groups in total. The zero-order valence-electron chi connectivity index (χ0n) is 7.13. The normalized spacial score (nSPS) is 12.6. The molecule has 0 aromatic carbocycles. The van der Waals surface area contributed by atoms with E-state index in [0.717, 1.165) is 0 Å². The summed E-state index contributed by atoms with van der Waals surface area (Å²) in [6.45, 7) is 5.20. The minimum Gasteiger partial charge on any atom is -0.520 e. The van der Waals surface area contributed by atoms with Crippen LogP contribution in [0.25, 0.3) is 0 Å². The molecule has 0 saturated heterocycles. The van der Waals surface area contributed by atoms with Crippen molar-refractivity contribution >= 4 is 12.4 Å². The van der Waals surface area contributed by atoms with Gasteiger partial charge in [-0.2, -0.15) is 6.41 Å². The summed E-state index contributed by atoms with van der Waals surface area (Å²) in [5.74, 6) is -1.04. The minimum absolute atomic E-state index is 0. The quantitative estimate of drug-likeness (QED) is 0.510. The van der Waals surface area contributed by atoms with E-state index < -0.39 is 17.4 Å². The molecule has 12 heavy (non-hydrogen) atoms. The van der Waals surface area contributed by atoms with E-state index in [4.69, 9.17) is 5.11 Å². The van der Waals surface area contributed by atoms with Crippen molar-refractivity contribution in [1.29, 1.82) is 0 Å². The Morgan fingerprint density at radius 3 is 2.00 bits per heavy atom. The van der Waals surface area contributed by atoms with E-state index in [1.54, 1.807) is 20.8 Å². The zero-order valence-corrected chi connectivity index (χ0v) is 9.53. The first-order valence-corrected chi connectivity index (χ1v) is 3.25. The number of rotatable bonds is 3. The molecule has 0 radical (unpaired) electrons. The van der Waals surface area contributed by atoms with Gasteiger partial charge in [-0.05, 0) is 5.41 Å². The van der Waals surface area contributed by atoms with E-state index in [2.05, 4.69) is 5.32 Å². The molecule has 4 nitrogen and oxygen atoms in total. The predicted octanol–water partition coefficient (Wildman–Crippen LogP) is 0.143. The largest absolute Gasteiger partial charge is 0.520 e. The van der Waals surface area contributed by atoms with Crippen molar-refractivity contribution in [1.82, 2.24) is 5.32 Å². The fourth-order valence-electron chi connectivity index (χ4n) is 0.708. The minimum atomic E-state index is -1.04. The Bertz CT molecular complexity index is 165. The molecule has 0 spiro atoms. The topological polar surface area (TPSA) is 66.4 Å². The van der Waals surface area contributed by atoms with Gasteiger partial charge in [-0.15, -0.1) is 0 Å². The molecule has 0 rings (SSSR count). The van der Waals surface area contributed by atoms with Gasteiger partial charge in [-0.1, -0.05) is 20.8 Å². The van der Waals surface area contributed by atoms with Crippen LogP contribution in [-0.2, 0) is 9.59 Å². The Morgan fingerprint density at radius 2 is 1.92 bits per heavy atom. The summed E-state index contributed by atoms with van der Waals surface area (Å²) in [6, 6.07) is -0.875. The van der Waals surface area contributed by atoms with Gasteiger partial charge < -0.3 is 15.2 Å². The Balaban J connectivity index is 0. The molecule has 0 bridgehead atoms. The van der Waals surface area contributed by atoms with Crippen LogP contribution in [0.4, 0.5) is 0 Å². The van der Waals surface area contributed by atoms with Crippen LogP contribution in [0, 0.1) is 5.41 Å². The van der Waals surface area contributed by atoms with E-state index >= 15 is 0 Å². The fourth-order valence-corrected chi connectivity index (χ4v) is 0.708. The number of hydrogen-bond acceptors (Lipinski definition) is 2. The van der Waals surface area contributed by atoms with Crippen LogP contribution in [0.3, 0.4) is 0 Å². The maximum Gasteiger partial charge on any atom is 0.324 e. The molecule has 0 aromatic heterocycles. The van der Waals surface area contributed by atoms with Gasteiger partial charge in [0.05, 0.1) is 0 Å². The van der Waals surface area contributed by atoms with E-state index in [-0.39, 0.29) is 0 Å². The first kappa shape index (κ1) is 12.6. The van der Waals surface area contributed by atoms with Gasteiger partial charge in [0.25, 0.3) is 0 Å². The summed E-state index contributed by atoms with van der Waals surface area (Å²) in [6.07, 6.45) is 1.37. The Labute approximate surface area is 65.6 Å². The fraction of sp³-hybridized carbons (Fsp3) is 0.714. The average Bonchev–Trinajstić information content (AvgIpc) is 1.79. The Hall–Kier alpha value is -2.06. The van der Waals surface area contributed by atoms with Crippen LogP contribution in [0.15, 0.2) is 0 Å². The number of carboxylic acids is 1. The molecule has 5 heteroatoms. The molecule has 0 aliphatic heterocycles. The third-order valence-corrected chi connectivity index (χ3v) is 1.32. The Morgan fingerprint density at radius 1 is 1.50 bits per heavy atom. The number of hydrogen-bond donors (Lipinski definition) is 2. The summed E-state index contributed by atoms with van der Waals surface area (Å²) in [5.41, 5.74) is -0.483. The second kappa shape index (κ2) is 3.95. The summed E-state index contributed by atoms with van der Waals surface area (Å²) in [4.78, 5) is 20.4. The smallest absolute Gasteiger partial charge is 0.324 e. The molecule has 0 aliphatic carbocycles. The molecule has 76 valence electrons. The van der Waals surface area contributed by atoms with Crippen LogP contribution in [0.1, 0.15) is 20.8 Å². The van der Waals surface area contributed by atoms with Crippen LogP contribution in [0.2, 0.25) is 0 Å².